The molecule has 3 rings (SSSR count). The van der Waals surface area contributed by atoms with Crippen LogP contribution in [0.15, 0.2) is 29.3 Å². The highest BCUT2D eigenvalue weighted by atomic mass is 127. The monoisotopic (exact) mass is 502 g/mol. The van der Waals surface area contributed by atoms with E-state index in [1.807, 2.05) is 7.05 Å². The average Bonchev–Trinajstić information content (AvgIpc) is 3.22. The second kappa shape index (κ2) is 13.3. The number of rotatable bonds is 9. The van der Waals surface area contributed by atoms with E-state index in [1.54, 1.807) is 0 Å². The van der Waals surface area contributed by atoms with Crippen molar-refractivity contribution < 1.29 is 9.47 Å². The van der Waals surface area contributed by atoms with Crippen molar-refractivity contribution in [2.45, 2.75) is 25.8 Å². The third-order valence-electron chi connectivity index (χ3n) is 5.29. The Morgan fingerprint density at radius 1 is 1.25 bits per heavy atom. The van der Waals surface area contributed by atoms with Crippen LogP contribution >= 0.6 is 24.0 Å². The molecule has 2 aliphatic rings. The fourth-order valence-corrected chi connectivity index (χ4v) is 3.64. The number of nitrogens with zero attached hydrogens (tertiary/aromatic N) is 2. The number of hydrogen-bond acceptors (Lipinski definition) is 4. The fraction of sp³-hybridized carbons (Fsp3) is 0.667. The summed E-state index contributed by atoms with van der Waals surface area (Å²) in [6.45, 7) is 8.35. The van der Waals surface area contributed by atoms with Crippen molar-refractivity contribution in [3.05, 3.63) is 35.4 Å². The Labute approximate surface area is 186 Å². The minimum Gasteiger partial charge on any atom is -0.381 e. The van der Waals surface area contributed by atoms with Crippen LogP contribution in [0, 0.1) is 5.92 Å². The van der Waals surface area contributed by atoms with Crippen LogP contribution in [0.1, 0.15) is 24.0 Å². The topological polar surface area (TPSA) is 58.1 Å². The predicted octanol–water partition coefficient (Wildman–Crippen LogP) is 2.27. The molecule has 1 unspecified atom stereocenters. The number of benzene rings is 1. The molecule has 28 heavy (non-hydrogen) atoms. The smallest absolute Gasteiger partial charge is 0.191 e. The summed E-state index contributed by atoms with van der Waals surface area (Å²) in [6, 6.07) is 8.77. The van der Waals surface area contributed by atoms with Crippen LogP contribution in [0.2, 0.25) is 0 Å². The lowest BCUT2D eigenvalue weighted by Gasteiger charge is -2.28. The number of halogens is 1. The Bertz CT molecular complexity index is 594. The molecule has 1 aromatic rings. The minimum absolute atomic E-state index is 0. The Kier molecular flexibility index (Phi) is 11.1. The minimum atomic E-state index is 0. The largest absolute Gasteiger partial charge is 0.381 e. The first-order valence-electron chi connectivity index (χ1n) is 10.2. The van der Waals surface area contributed by atoms with E-state index in [2.05, 4.69) is 44.8 Å². The molecular formula is C21H35IN4O2. The molecule has 2 N–H and O–H groups in total. The number of aliphatic imine (C=N–C) groups is 1. The molecule has 158 valence electrons. The van der Waals surface area contributed by atoms with Gasteiger partial charge in [0.2, 0.25) is 0 Å². The molecule has 6 nitrogen and oxygen atoms in total. The lowest BCUT2D eigenvalue weighted by atomic mass is 10.00. The van der Waals surface area contributed by atoms with Crippen molar-refractivity contribution in [1.82, 2.24) is 15.5 Å². The lowest BCUT2D eigenvalue weighted by molar-refractivity contribution is 0.0888. The van der Waals surface area contributed by atoms with Crippen LogP contribution in [-0.2, 0) is 22.4 Å². The van der Waals surface area contributed by atoms with Crippen molar-refractivity contribution in [3.63, 3.8) is 0 Å². The van der Waals surface area contributed by atoms with Gasteiger partial charge in [0.05, 0.1) is 13.2 Å². The van der Waals surface area contributed by atoms with Gasteiger partial charge in [0, 0.05) is 58.9 Å². The average molecular weight is 502 g/mol. The fourth-order valence-electron chi connectivity index (χ4n) is 3.64. The van der Waals surface area contributed by atoms with E-state index in [4.69, 9.17) is 9.47 Å². The second-order valence-corrected chi connectivity index (χ2v) is 7.38. The van der Waals surface area contributed by atoms with Crippen LogP contribution in [0.3, 0.4) is 0 Å². The molecule has 7 heteroatoms. The van der Waals surface area contributed by atoms with Crippen LogP contribution in [0.25, 0.3) is 0 Å². The van der Waals surface area contributed by atoms with E-state index in [0.717, 1.165) is 84.4 Å². The van der Waals surface area contributed by atoms with Crippen LogP contribution in [0.5, 0.6) is 0 Å². The molecule has 0 saturated carbocycles. The van der Waals surface area contributed by atoms with Gasteiger partial charge >= 0.3 is 0 Å². The zero-order chi connectivity index (χ0) is 18.7. The number of fused-ring (bicyclic) bond motifs is 1. The predicted molar refractivity (Wildman–Crippen MR) is 125 cm³/mol. The van der Waals surface area contributed by atoms with E-state index in [-0.39, 0.29) is 24.0 Å². The molecule has 1 fully saturated rings. The Morgan fingerprint density at radius 2 is 2.07 bits per heavy atom. The summed E-state index contributed by atoms with van der Waals surface area (Å²) in [7, 11) is 1.82. The SMILES string of the molecule is CN=C(NCCCOCC1CCOC1)NCCN1CCc2ccccc2C1.I. The number of guanidine groups is 1. The normalized spacial score (nSPS) is 19.8. The third kappa shape index (κ3) is 7.85. The van der Waals surface area contributed by atoms with Gasteiger partial charge in [0.15, 0.2) is 5.96 Å². The molecule has 2 heterocycles. The first kappa shape index (κ1) is 23.4. The number of nitrogens with one attached hydrogen (secondary N) is 2. The first-order valence-corrected chi connectivity index (χ1v) is 10.2. The second-order valence-electron chi connectivity index (χ2n) is 7.38. The summed E-state index contributed by atoms with van der Waals surface area (Å²) in [5.41, 5.74) is 2.97. The molecular weight excluding hydrogens is 467 g/mol. The Balaban J connectivity index is 0.00000280. The van der Waals surface area contributed by atoms with Gasteiger partial charge in [-0.2, -0.15) is 0 Å². The molecule has 0 aromatic heterocycles. The van der Waals surface area contributed by atoms with Crippen molar-refractivity contribution in [3.8, 4) is 0 Å². The zero-order valence-electron chi connectivity index (χ0n) is 17.0. The van der Waals surface area contributed by atoms with E-state index < -0.39 is 0 Å². The van der Waals surface area contributed by atoms with Gasteiger partial charge in [-0.3, -0.25) is 9.89 Å². The van der Waals surface area contributed by atoms with Gasteiger partial charge in [-0.05, 0) is 30.4 Å². The van der Waals surface area contributed by atoms with E-state index in [9.17, 15) is 0 Å². The first-order chi connectivity index (χ1) is 13.3. The van der Waals surface area contributed by atoms with Gasteiger partial charge < -0.3 is 20.1 Å². The molecule has 2 aliphatic heterocycles. The highest BCUT2D eigenvalue weighted by molar-refractivity contribution is 14.0. The van der Waals surface area contributed by atoms with Crippen molar-refractivity contribution >= 4 is 29.9 Å². The summed E-state index contributed by atoms with van der Waals surface area (Å²) in [4.78, 5) is 6.81. The van der Waals surface area contributed by atoms with E-state index in [0.29, 0.717) is 5.92 Å². The Morgan fingerprint density at radius 3 is 2.86 bits per heavy atom. The maximum atomic E-state index is 5.74. The van der Waals surface area contributed by atoms with E-state index in [1.165, 1.54) is 11.1 Å². The quantitative estimate of drug-likeness (QED) is 0.235. The van der Waals surface area contributed by atoms with Crippen molar-refractivity contribution in [2.24, 2.45) is 10.9 Å². The molecule has 0 aliphatic carbocycles. The maximum Gasteiger partial charge on any atom is 0.191 e. The van der Waals surface area contributed by atoms with Gasteiger partial charge in [-0.15, -0.1) is 24.0 Å². The summed E-state index contributed by atoms with van der Waals surface area (Å²) < 4.78 is 11.1. The van der Waals surface area contributed by atoms with Gasteiger partial charge in [-0.25, -0.2) is 0 Å². The summed E-state index contributed by atoms with van der Waals surface area (Å²) in [5.74, 6) is 1.46. The third-order valence-corrected chi connectivity index (χ3v) is 5.29. The maximum absolute atomic E-state index is 5.74. The molecule has 0 spiro atoms. The molecule has 0 bridgehead atoms. The van der Waals surface area contributed by atoms with Crippen LogP contribution in [0.4, 0.5) is 0 Å². The highest BCUT2D eigenvalue weighted by Gasteiger charge is 2.16. The van der Waals surface area contributed by atoms with Gasteiger partial charge in [0.25, 0.3) is 0 Å². The van der Waals surface area contributed by atoms with Crippen LogP contribution in [-0.4, -0.2) is 70.5 Å². The van der Waals surface area contributed by atoms with E-state index >= 15 is 0 Å². The summed E-state index contributed by atoms with van der Waals surface area (Å²) >= 11 is 0. The van der Waals surface area contributed by atoms with Crippen molar-refractivity contribution in [2.75, 3.05) is 59.7 Å². The number of hydrogen-bond donors (Lipinski definition) is 2. The Hall–Kier alpha value is -0.900. The van der Waals surface area contributed by atoms with Gasteiger partial charge in [-0.1, -0.05) is 24.3 Å². The molecule has 1 atom stereocenters. The molecule has 0 radical (unpaired) electrons. The molecule has 0 amide bonds. The summed E-state index contributed by atoms with van der Waals surface area (Å²) in [6.07, 6.45) is 3.27. The summed E-state index contributed by atoms with van der Waals surface area (Å²) in [5, 5.41) is 6.78. The standard InChI is InChI=1S/C21H34N4O2.HI/c1-22-21(23-9-4-13-26-16-18-8-14-27-17-18)24-10-12-25-11-7-19-5-2-3-6-20(19)15-25;/h2-3,5-6,18H,4,7-17H2,1H3,(H2,22,23,24);1H. The zero-order valence-corrected chi connectivity index (χ0v) is 19.3. The number of ether oxygens (including phenoxy) is 2. The van der Waals surface area contributed by atoms with Crippen molar-refractivity contribution in [1.29, 1.82) is 0 Å². The highest BCUT2D eigenvalue weighted by Crippen LogP contribution is 2.17. The lowest BCUT2D eigenvalue weighted by Crippen LogP contribution is -2.43. The molecule has 1 saturated heterocycles. The molecule has 1 aromatic carbocycles. The van der Waals surface area contributed by atoms with Crippen LogP contribution < -0.4 is 10.6 Å². The van der Waals surface area contributed by atoms with Gasteiger partial charge in [0.1, 0.15) is 0 Å².